The van der Waals surface area contributed by atoms with Gasteiger partial charge in [-0.2, -0.15) is 0 Å². The monoisotopic (exact) mass is 360 g/mol. The minimum atomic E-state index is 0.000629. The van der Waals surface area contributed by atoms with Crippen LogP contribution in [0.25, 0.3) is 0 Å². The molecular weight excluding hydrogens is 332 g/mol. The lowest BCUT2D eigenvalue weighted by Gasteiger charge is -2.18. The summed E-state index contributed by atoms with van der Waals surface area (Å²) < 4.78 is 13.3. The number of nitrogens with zero attached hydrogens (tertiary/aromatic N) is 4. The van der Waals surface area contributed by atoms with Crippen LogP contribution in [0, 0.1) is 13.8 Å². The van der Waals surface area contributed by atoms with Crippen LogP contribution in [0.1, 0.15) is 49.0 Å². The smallest absolute Gasteiger partial charge is 0.192 e. The molecule has 0 saturated carbocycles. The van der Waals surface area contributed by atoms with Gasteiger partial charge < -0.3 is 24.4 Å². The Kier molecular flexibility index (Phi) is 5.92. The van der Waals surface area contributed by atoms with Crippen LogP contribution in [0.3, 0.4) is 0 Å². The summed E-state index contributed by atoms with van der Waals surface area (Å²) in [6.07, 6.45) is 2.43. The molecule has 2 N–H and O–H groups in total. The van der Waals surface area contributed by atoms with Crippen LogP contribution in [-0.4, -0.2) is 40.0 Å². The molecule has 3 rings (SSSR count). The number of rotatable bonds is 6. The predicted octanol–water partition coefficient (Wildman–Crippen LogP) is 2.00. The molecule has 26 heavy (non-hydrogen) atoms. The molecule has 2 unspecified atom stereocenters. The fraction of sp³-hybridized carbons (Fsp3) is 0.611. The third kappa shape index (κ3) is 4.63. The Morgan fingerprint density at radius 3 is 2.85 bits per heavy atom. The molecule has 2 atom stereocenters. The fourth-order valence-corrected chi connectivity index (χ4v) is 2.87. The van der Waals surface area contributed by atoms with Crippen LogP contribution in [0.4, 0.5) is 0 Å². The molecule has 8 nitrogen and oxygen atoms in total. The molecule has 0 radical (unpaired) electrons. The molecule has 8 heteroatoms. The molecule has 0 aliphatic carbocycles. The number of furan rings is 1. The Morgan fingerprint density at radius 2 is 2.23 bits per heavy atom. The zero-order valence-corrected chi connectivity index (χ0v) is 16.0. The molecule has 2 aromatic heterocycles. The van der Waals surface area contributed by atoms with E-state index in [9.17, 15) is 0 Å². The van der Waals surface area contributed by atoms with Crippen LogP contribution < -0.4 is 10.6 Å². The van der Waals surface area contributed by atoms with E-state index >= 15 is 0 Å². The summed E-state index contributed by atoms with van der Waals surface area (Å²) in [6.45, 7) is 7.93. The summed E-state index contributed by atoms with van der Waals surface area (Å²) in [7, 11) is 1.95. The van der Waals surface area contributed by atoms with Crippen molar-refractivity contribution in [1.82, 2.24) is 25.4 Å². The molecule has 1 aliphatic rings. The summed E-state index contributed by atoms with van der Waals surface area (Å²) in [6, 6.07) is 3.95. The van der Waals surface area contributed by atoms with E-state index in [4.69, 9.17) is 9.15 Å². The van der Waals surface area contributed by atoms with Gasteiger partial charge in [0.15, 0.2) is 11.8 Å². The van der Waals surface area contributed by atoms with Crippen LogP contribution in [0.15, 0.2) is 21.5 Å². The molecule has 1 aliphatic heterocycles. The second-order valence-corrected chi connectivity index (χ2v) is 6.72. The van der Waals surface area contributed by atoms with Gasteiger partial charge in [0.05, 0.1) is 12.1 Å². The first kappa shape index (κ1) is 18.4. The van der Waals surface area contributed by atoms with E-state index in [1.807, 2.05) is 44.5 Å². The number of guanidine groups is 1. The quantitative estimate of drug-likeness (QED) is 0.605. The molecule has 1 saturated heterocycles. The van der Waals surface area contributed by atoms with E-state index in [1.54, 1.807) is 0 Å². The summed E-state index contributed by atoms with van der Waals surface area (Å²) in [5, 5.41) is 15.0. The van der Waals surface area contributed by atoms with E-state index in [0.717, 1.165) is 49.2 Å². The SMILES string of the molecule is Cc1ccc(C(C)NC(=NCc2nnc(C)n2C)NCC2CCCO2)o1. The summed E-state index contributed by atoms with van der Waals surface area (Å²) in [5.41, 5.74) is 0. The van der Waals surface area contributed by atoms with Gasteiger partial charge in [0.25, 0.3) is 0 Å². The molecule has 3 heterocycles. The highest BCUT2D eigenvalue weighted by atomic mass is 16.5. The van der Waals surface area contributed by atoms with Gasteiger partial charge in [-0.15, -0.1) is 10.2 Å². The Morgan fingerprint density at radius 1 is 1.38 bits per heavy atom. The number of hydrogen-bond donors (Lipinski definition) is 2. The van der Waals surface area contributed by atoms with E-state index in [1.165, 1.54) is 0 Å². The van der Waals surface area contributed by atoms with Crippen LogP contribution in [-0.2, 0) is 18.3 Å². The molecule has 0 spiro atoms. The van der Waals surface area contributed by atoms with Gasteiger partial charge in [-0.05, 0) is 45.7 Å². The standard InChI is InChI=1S/C18H28N6O2/c1-12-7-8-16(26-12)13(2)21-18(19-10-15-6-5-9-25-15)20-11-17-23-22-14(3)24(17)4/h7-8,13,15H,5-6,9-11H2,1-4H3,(H2,19,20,21). The Balaban J connectivity index is 1.67. The summed E-state index contributed by atoms with van der Waals surface area (Å²) >= 11 is 0. The highest BCUT2D eigenvalue weighted by molar-refractivity contribution is 5.80. The Hall–Kier alpha value is -2.35. The maximum Gasteiger partial charge on any atom is 0.192 e. The number of aryl methyl sites for hydroxylation is 2. The Bertz CT molecular complexity index is 745. The maximum absolute atomic E-state index is 5.71. The number of aliphatic imine (C=N–C) groups is 1. The van der Waals surface area contributed by atoms with Gasteiger partial charge in [0.1, 0.15) is 23.9 Å². The van der Waals surface area contributed by atoms with Gasteiger partial charge in [-0.1, -0.05) is 0 Å². The van der Waals surface area contributed by atoms with Gasteiger partial charge in [0, 0.05) is 20.2 Å². The van der Waals surface area contributed by atoms with Crippen molar-refractivity contribution in [3.05, 3.63) is 35.3 Å². The minimum absolute atomic E-state index is 0.000629. The third-order valence-electron chi connectivity index (χ3n) is 4.62. The molecule has 142 valence electrons. The first-order valence-electron chi connectivity index (χ1n) is 9.10. The van der Waals surface area contributed by atoms with Crippen molar-refractivity contribution in [2.45, 2.75) is 52.3 Å². The average Bonchev–Trinajstić information content (AvgIpc) is 3.35. The fourth-order valence-electron chi connectivity index (χ4n) is 2.87. The minimum Gasteiger partial charge on any atom is -0.464 e. The van der Waals surface area contributed by atoms with E-state index in [2.05, 4.69) is 25.8 Å². The van der Waals surface area contributed by atoms with E-state index in [-0.39, 0.29) is 12.1 Å². The van der Waals surface area contributed by atoms with Crippen molar-refractivity contribution in [2.75, 3.05) is 13.2 Å². The Labute approximate surface area is 154 Å². The van der Waals surface area contributed by atoms with Crippen LogP contribution in [0.2, 0.25) is 0 Å². The zero-order chi connectivity index (χ0) is 18.5. The van der Waals surface area contributed by atoms with Gasteiger partial charge in [-0.25, -0.2) is 4.99 Å². The second kappa shape index (κ2) is 8.35. The molecule has 0 amide bonds. The number of ether oxygens (including phenoxy) is 1. The third-order valence-corrected chi connectivity index (χ3v) is 4.62. The largest absolute Gasteiger partial charge is 0.464 e. The van der Waals surface area contributed by atoms with Crippen LogP contribution >= 0.6 is 0 Å². The summed E-state index contributed by atoms with van der Waals surface area (Å²) in [5.74, 6) is 4.18. The van der Waals surface area contributed by atoms with Crippen molar-refractivity contribution >= 4 is 5.96 Å². The molecule has 0 aromatic carbocycles. The van der Waals surface area contributed by atoms with Crippen LogP contribution in [0.5, 0.6) is 0 Å². The second-order valence-electron chi connectivity index (χ2n) is 6.72. The normalized spacial score (nSPS) is 18.9. The van der Waals surface area contributed by atoms with Crippen molar-refractivity contribution in [3.8, 4) is 0 Å². The highest BCUT2D eigenvalue weighted by Gasteiger charge is 2.17. The molecule has 1 fully saturated rings. The van der Waals surface area contributed by atoms with E-state index in [0.29, 0.717) is 12.5 Å². The van der Waals surface area contributed by atoms with Gasteiger partial charge in [-0.3, -0.25) is 0 Å². The first-order valence-corrected chi connectivity index (χ1v) is 9.10. The summed E-state index contributed by atoms with van der Waals surface area (Å²) in [4.78, 5) is 4.68. The molecule has 2 aromatic rings. The average molecular weight is 360 g/mol. The van der Waals surface area contributed by atoms with Crippen molar-refractivity contribution in [2.24, 2.45) is 12.0 Å². The van der Waals surface area contributed by atoms with E-state index < -0.39 is 0 Å². The predicted molar refractivity (Wildman–Crippen MR) is 98.9 cm³/mol. The van der Waals surface area contributed by atoms with Gasteiger partial charge >= 0.3 is 0 Å². The zero-order valence-electron chi connectivity index (χ0n) is 16.0. The molecule has 0 bridgehead atoms. The number of aromatic nitrogens is 3. The van der Waals surface area contributed by atoms with Crippen molar-refractivity contribution in [3.63, 3.8) is 0 Å². The van der Waals surface area contributed by atoms with Crippen molar-refractivity contribution < 1.29 is 9.15 Å². The number of hydrogen-bond acceptors (Lipinski definition) is 5. The van der Waals surface area contributed by atoms with Gasteiger partial charge in [0.2, 0.25) is 0 Å². The maximum atomic E-state index is 5.71. The molecular formula is C18H28N6O2. The highest BCUT2D eigenvalue weighted by Crippen LogP contribution is 2.15. The lowest BCUT2D eigenvalue weighted by molar-refractivity contribution is 0.113. The van der Waals surface area contributed by atoms with Crippen molar-refractivity contribution in [1.29, 1.82) is 0 Å². The lowest BCUT2D eigenvalue weighted by atomic mass is 10.2. The topological polar surface area (TPSA) is 89.5 Å². The lowest BCUT2D eigenvalue weighted by Crippen LogP contribution is -2.42. The number of nitrogens with one attached hydrogen (secondary N) is 2. The first-order chi connectivity index (χ1) is 12.5.